The lowest BCUT2D eigenvalue weighted by atomic mass is 10.2. The van der Waals surface area contributed by atoms with Gasteiger partial charge in [0, 0.05) is 36.7 Å². The standard InChI is InChI=1S/C20H21FN4O3S/c1-3-25(4-2)29(27,28)17-7-5-6-15(12-17)20(26)23-16-8-9-19(18(21)13-16)24-11-10-22-14-24/h5-14H,3-4H2,1-2H3,(H,23,26). The lowest BCUT2D eigenvalue weighted by Gasteiger charge is -2.18. The van der Waals surface area contributed by atoms with Crippen molar-refractivity contribution in [2.45, 2.75) is 18.7 Å². The minimum atomic E-state index is -3.68. The van der Waals surface area contributed by atoms with Crippen LogP contribution in [0.5, 0.6) is 0 Å². The third-order valence-electron chi connectivity index (χ3n) is 4.43. The van der Waals surface area contributed by atoms with E-state index in [1.807, 2.05) is 0 Å². The van der Waals surface area contributed by atoms with Crippen LogP contribution in [0.4, 0.5) is 10.1 Å². The number of aromatic nitrogens is 2. The van der Waals surface area contributed by atoms with Crippen LogP contribution in [-0.2, 0) is 10.0 Å². The van der Waals surface area contributed by atoms with E-state index in [0.717, 1.165) is 0 Å². The molecule has 0 unspecified atom stereocenters. The predicted molar refractivity (Wildman–Crippen MR) is 108 cm³/mol. The number of anilines is 1. The molecule has 29 heavy (non-hydrogen) atoms. The Morgan fingerprint density at radius 3 is 2.55 bits per heavy atom. The van der Waals surface area contributed by atoms with Gasteiger partial charge in [0.2, 0.25) is 10.0 Å². The van der Waals surface area contributed by atoms with E-state index in [1.165, 1.54) is 57.8 Å². The molecule has 9 heteroatoms. The monoisotopic (exact) mass is 416 g/mol. The van der Waals surface area contributed by atoms with Crippen LogP contribution < -0.4 is 5.32 Å². The summed E-state index contributed by atoms with van der Waals surface area (Å²) in [4.78, 5) is 16.5. The summed E-state index contributed by atoms with van der Waals surface area (Å²) in [5, 5.41) is 2.60. The lowest BCUT2D eigenvalue weighted by Crippen LogP contribution is -2.30. The van der Waals surface area contributed by atoms with E-state index in [1.54, 1.807) is 26.1 Å². The van der Waals surface area contributed by atoms with Gasteiger partial charge >= 0.3 is 0 Å². The molecule has 1 aromatic heterocycles. The Morgan fingerprint density at radius 1 is 1.17 bits per heavy atom. The lowest BCUT2D eigenvalue weighted by molar-refractivity contribution is 0.102. The molecule has 0 fully saturated rings. The molecule has 0 radical (unpaired) electrons. The molecule has 0 aliphatic rings. The van der Waals surface area contributed by atoms with Gasteiger partial charge in [-0.15, -0.1) is 0 Å². The number of imidazole rings is 1. The molecule has 152 valence electrons. The molecular formula is C20H21FN4O3S. The topological polar surface area (TPSA) is 84.3 Å². The van der Waals surface area contributed by atoms with Crippen LogP contribution in [0.1, 0.15) is 24.2 Å². The summed E-state index contributed by atoms with van der Waals surface area (Å²) < 4.78 is 42.5. The molecule has 0 saturated carbocycles. The number of halogens is 1. The number of benzene rings is 2. The highest BCUT2D eigenvalue weighted by molar-refractivity contribution is 7.89. The Bertz CT molecular complexity index is 1110. The molecular weight excluding hydrogens is 395 g/mol. The molecule has 1 heterocycles. The second-order valence-electron chi connectivity index (χ2n) is 6.21. The number of hydrogen-bond donors (Lipinski definition) is 1. The first-order valence-corrected chi connectivity index (χ1v) is 10.5. The zero-order valence-electron chi connectivity index (χ0n) is 16.0. The van der Waals surface area contributed by atoms with E-state index in [2.05, 4.69) is 10.3 Å². The van der Waals surface area contributed by atoms with E-state index in [9.17, 15) is 17.6 Å². The van der Waals surface area contributed by atoms with Crippen molar-refractivity contribution in [2.24, 2.45) is 0 Å². The highest BCUT2D eigenvalue weighted by Crippen LogP contribution is 2.20. The van der Waals surface area contributed by atoms with Crippen molar-refractivity contribution in [3.8, 4) is 5.69 Å². The number of sulfonamides is 1. The maximum absolute atomic E-state index is 14.4. The van der Waals surface area contributed by atoms with Crippen LogP contribution in [0.25, 0.3) is 5.69 Å². The van der Waals surface area contributed by atoms with Gasteiger partial charge in [-0.3, -0.25) is 4.79 Å². The molecule has 0 spiro atoms. The first-order valence-electron chi connectivity index (χ1n) is 9.06. The Balaban J connectivity index is 1.82. The molecule has 3 rings (SSSR count). The van der Waals surface area contributed by atoms with Gasteiger partial charge in [-0.1, -0.05) is 19.9 Å². The third kappa shape index (κ3) is 4.36. The molecule has 3 aromatic rings. The zero-order valence-corrected chi connectivity index (χ0v) is 16.9. The molecule has 1 N–H and O–H groups in total. The first-order chi connectivity index (χ1) is 13.9. The molecule has 0 aliphatic heterocycles. The molecule has 2 aromatic carbocycles. The van der Waals surface area contributed by atoms with E-state index in [-0.39, 0.29) is 16.1 Å². The average molecular weight is 416 g/mol. The predicted octanol–water partition coefficient (Wildman–Crippen LogP) is 3.29. The second kappa shape index (κ2) is 8.54. The molecule has 7 nitrogen and oxygen atoms in total. The molecule has 0 saturated heterocycles. The average Bonchev–Trinajstić information content (AvgIpc) is 3.23. The molecule has 0 aliphatic carbocycles. The van der Waals surface area contributed by atoms with Crippen LogP contribution in [0, 0.1) is 5.82 Å². The Kier molecular flexibility index (Phi) is 6.09. The van der Waals surface area contributed by atoms with E-state index in [4.69, 9.17) is 0 Å². The van der Waals surface area contributed by atoms with E-state index < -0.39 is 21.7 Å². The molecule has 1 amide bonds. The summed E-state index contributed by atoms with van der Waals surface area (Å²) in [6.45, 7) is 4.16. The Morgan fingerprint density at radius 2 is 1.93 bits per heavy atom. The summed E-state index contributed by atoms with van der Waals surface area (Å²) in [7, 11) is -3.68. The highest BCUT2D eigenvalue weighted by Gasteiger charge is 2.22. The van der Waals surface area contributed by atoms with Gasteiger partial charge < -0.3 is 9.88 Å². The first kappa shape index (κ1) is 20.7. The van der Waals surface area contributed by atoms with Crippen LogP contribution in [0.15, 0.2) is 66.1 Å². The fourth-order valence-corrected chi connectivity index (χ4v) is 4.41. The minimum Gasteiger partial charge on any atom is -0.322 e. The quantitative estimate of drug-likeness (QED) is 0.641. The maximum Gasteiger partial charge on any atom is 0.255 e. The minimum absolute atomic E-state index is 0.0375. The van der Waals surface area contributed by atoms with Gasteiger partial charge in [-0.2, -0.15) is 4.31 Å². The normalized spacial score (nSPS) is 11.6. The van der Waals surface area contributed by atoms with Crippen molar-refractivity contribution in [3.05, 3.63) is 72.6 Å². The SMILES string of the molecule is CCN(CC)S(=O)(=O)c1cccc(C(=O)Nc2ccc(-n3ccnc3)c(F)c2)c1. The number of nitrogens with one attached hydrogen (secondary N) is 1. The van der Waals surface area contributed by atoms with Gasteiger partial charge in [0.1, 0.15) is 5.82 Å². The van der Waals surface area contributed by atoms with E-state index >= 15 is 0 Å². The Labute approximate surface area is 168 Å². The smallest absolute Gasteiger partial charge is 0.255 e. The zero-order chi connectivity index (χ0) is 21.0. The summed E-state index contributed by atoms with van der Waals surface area (Å²) in [5.74, 6) is -1.06. The number of carbonyl (C=O) groups is 1. The number of rotatable bonds is 7. The van der Waals surface area contributed by atoms with Gasteiger partial charge in [0.25, 0.3) is 5.91 Å². The number of nitrogens with zero attached hydrogens (tertiary/aromatic N) is 3. The molecule has 0 atom stereocenters. The van der Waals surface area contributed by atoms with Crippen molar-refractivity contribution >= 4 is 21.6 Å². The third-order valence-corrected chi connectivity index (χ3v) is 6.47. The maximum atomic E-state index is 14.4. The second-order valence-corrected chi connectivity index (χ2v) is 8.15. The van der Waals surface area contributed by atoms with Gasteiger partial charge in [0.05, 0.1) is 16.9 Å². The fraction of sp³-hybridized carbons (Fsp3) is 0.200. The summed E-state index contributed by atoms with van der Waals surface area (Å²) in [6.07, 6.45) is 4.62. The van der Waals surface area contributed by atoms with Crippen LogP contribution >= 0.6 is 0 Å². The van der Waals surface area contributed by atoms with Gasteiger partial charge in [-0.25, -0.2) is 17.8 Å². The highest BCUT2D eigenvalue weighted by atomic mass is 32.2. The van der Waals surface area contributed by atoms with Gasteiger partial charge in [0.15, 0.2) is 0 Å². The summed E-state index contributed by atoms with van der Waals surface area (Å²) in [5.41, 5.74) is 0.721. The van der Waals surface area contributed by atoms with Crippen LogP contribution in [-0.4, -0.2) is 41.3 Å². The largest absolute Gasteiger partial charge is 0.322 e. The van der Waals surface area contributed by atoms with Crippen LogP contribution in [0.2, 0.25) is 0 Å². The number of carbonyl (C=O) groups excluding carboxylic acids is 1. The number of amides is 1. The van der Waals surface area contributed by atoms with Crippen molar-refractivity contribution in [3.63, 3.8) is 0 Å². The fourth-order valence-electron chi connectivity index (χ4n) is 2.91. The van der Waals surface area contributed by atoms with Crippen LogP contribution in [0.3, 0.4) is 0 Å². The summed E-state index contributed by atoms with van der Waals surface area (Å²) >= 11 is 0. The van der Waals surface area contributed by atoms with E-state index in [0.29, 0.717) is 18.8 Å². The Hall–Kier alpha value is -3.04. The van der Waals surface area contributed by atoms with Crippen molar-refractivity contribution in [2.75, 3.05) is 18.4 Å². The van der Waals surface area contributed by atoms with Crippen molar-refractivity contribution < 1.29 is 17.6 Å². The van der Waals surface area contributed by atoms with Crippen molar-refractivity contribution in [1.29, 1.82) is 0 Å². The van der Waals surface area contributed by atoms with Gasteiger partial charge in [-0.05, 0) is 36.4 Å². The van der Waals surface area contributed by atoms with Crippen molar-refractivity contribution in [1.82, 2.24) is 13.9 Å². The molecule has 0 bridgehead atoms. The number of hydrogen-bond acceptors (Lipinski definition) is 4. The summed E-state index contributed by atoms with van der Waals surface area (Å²) in [6, 6.07) is 10.1.